The first-order valence-corrected chi connectivity index (χ1v) is 6.52. The van der Waals surface area contributed by atoms with Gasteiger partial charge in [0.1, 0.15) is 5.75 Å². The van der Waals surface area contributed by atoms with E-state index in [0.29, 0.717) is 13.1 Å². The van der Waals surface area contributed by atoms with Crippen molar-refractivity contribution in [1.29, 1.82) is 0 Å². The standard InChI is InChI=1S/C15H24N2O2/c1-11-8-12(2)15(19-5)13(9-11)6-7-17(4)14(18)10-16-3/h8-9,16H,6-7,10H2,1-5H3. The molecule has 0 aliphatic rings. The molecule has 1 amide bonds. The Kier molecular flexibility index (Phi) is 5.83. The fraction of sp³-hybridized carbons (Fsp3) is 0.533. The van der Waals surface area contributed by atoms with E-state index in [9.17, 15) is 4.79 Å². The van der Waals surface area contributed by atoms with Crippen molar-refractivity contribution in [2.45, 2.75) is 20.3 Å². The maximum Gasteiger partial charge on any atom is 0.236 e. The summed E-state index contributed by atoms with van der Waals surface area (Å²) in [6.07, 6.45) is 0.803. The van der Waals surface area contributed by atoms with Crippen molar-refractivity contribution >= 4 is 5.91 Å². The van der Waals surface area contributed by atoms with Crippen LogP contribution in [0, 0.1) is 13.8 Å². The third-order valence-electron chi connectivity index (χ3n) is 3.17. The van der Waals surface area contributed by atoms with Crippen LogP contribution in [0.1, 0.15) is 16.7 Å². The zero-order valence-corrected chi connectivity index (χ0v) is 12.5. The predicted octanol–water partition coefficient (Wildman–Crippen LogP) is 1.53. The molecule has 0 aliphatic carbocycles. The number of hydrogen-bond acceptors (Lipinski definition) is 3. The first-order chi connectivity index (χ1) is 8.99. The number of carbonyl (C=O) groups is 1. The van der Waals surface area contributed by atoms with Crippen LogP contribution in [-0.2, 0) is 11.2 Å². The molecule has 106 valence electrons. The van der Waals surface area contributed by atoms with E-state index in [1.807, 2.05) is 14.0 Å². The predicted molar refractivity (Wildman–Crippen MR) is 77.7 cm³/mol. The lowest BCUT2D eigenvalue weighted by atomic mass is 10.0. The normalized spacial score (nSPS) is 10.4. The molecule has 0 atom stereocenters. The van der Waals surface area contributed by atoms with Crippen LogP contribution in [0.15, 0.2) is 12.1 Å². The highest BCUT2D eigenvalue weighted by Crippen LogP contribution is 2.25. The maximum absolute atomic E-state index is 11.7. The van der Waals surface area contributed by atoms with E-state index in [0.717, 1.165) is 23.3 Å². The second kappa shape index (κ2) is 7.14. The highest BCUT2D eigenvalue weighted by atomic mass is 16.5. The average Bonchev–Trinajstić information content (AvgIpc) is 2.35. The highest BCUT2D eigenvalue weighted by Gasteiger charge is 2.11. The first-order valence-electron chi connectivity index (χ1n) is 6.52. The van der Waals surface area contributed by atoms with E-state index >= 15 is 0 Å². The zero-order valence-electron chi connectivity index (χ0n) is 12.5. The van der Waals surface area contributed by atoms with Gasteiger partial charge in [-0.05, 0) is 38.4 Å². The van der Waals surface area contributed by atoms with Gasteiger partial charge in [0.2, 0.25) is 5.91 Å². The number of rotatable bonds is 6. The van der Waals surface area contributed by atoms with E-state index in [4.69, 9.17) is 4.74 Å². The topological polar surface area (TPSA) is 41.6 Å². The van der Waals surface area contributed by atoms with Crippen LogP contribution in [0.3, 0.4) is 0 Å². The summed E-state index contributed by atoms with van der Waals surface area (Å²) in [6.45, 7) is 5.19. The van der Waals surface area contributed by atoms with Crippen molar-refractivity contribution in [3.05, 3.63) is 28.8 Å². The van der Waals surface area contributed by atoms with Crippen molar-refractivity contribution < 1.29 is 9.53 Å². The van der Waals surface area contributed by atoms with E-state index in [-0.39, 0.29) is 5.91 Å². The molecular formula is C15H24N2O2. The molecule has 0 aliphatic heterocycles. The fourth-order valence-electron chi connectivity index (χ4n) is 2.22. The molecule has 0 radical (unpaired) electrons. The fourth-order valence-corrected chi connectivity index (χ4v) is 2.22. The average molecular weight is 264 g/mol. The van der Waals surface area contributed by atoms with Crippen molar-refractivity contribution in [1.82, 2.24) is 10.2 Å². The Bertz CT molecular complexity index is 444. The molecule has 4 nitrogen and oxygen atoms in total. The van der Waals surface area contributed by atoms with Gasteiger partial charge in [-0.3, -0.25) is 4.79 Å². The Morgan fingerprint density at radius 1 is 1.37 bits per heavy atom. The third kappa shape index (κ3) is 4.24. The molecule has 0 aromatic heterocycles. The lowest BCUT2D eigenvalue weighted by molar-refractivity contribution is -0.128. The minimum Gasteiger partial charge on any atom is -0.496 e. The van der Waals surface area contributed by atoms with E-state index in [1.54, 1.807) is 19.1 Å². The molecule has 0 saturated heterocycles. The number of amides is 1. The third-order valence-corrected chi connectivity index (χ3v) is 3.17. The van der Waals surface area contributed by atoms with Gasteiger partial charge in [0, 0.05) is 13.6 Å². The smallest absolute Gasteiger partial charge is 0.236 e. The lowest BCUT2D eigenvalue weighted by Crippen LogP contribution is -2.35. The van der Waals surface area contributed by atoms with E-state index < -0.39 is 0 Å². The maximum atomic E-state index is 11.7. The second-order valence-electron chi connectivity index (χ2n) is 4.87. The minimum atomic E-state index is 0.103. The SMILES string of the molecule is CNCC(=O)N(C)CCc1cc(C)cc(C)c1OC. The van der Waals surface area contributed by atoms with E-state index in [2.05, 4.69) is 24.4 Å². The Morgan fingerprint density at radius 2 is 2.05 bits per heavy atom. The largest absolute Gasteiger partial charge is 0.496 e. The number of likely N-dealkylation sites (N-methyl/N-ethyl adjacent to an activating group) is 2. The summed E-state index contributed by atoms with van der Waals surface area (Å²) in [5, 5.41) is 2.87. The molecule has 0 bridgehead atoms. The van der Waals surface area contributed by atoms with Crippen molar-refractivity contribution in [3.8, 4) is 5.75 Å². The molecule has 1 N–H and O–H groups in total. The first kappa shape index (κ1) is 15.5. The number of hydrogen-bond donors (Lipinski definition) is 1. The van der Waals surface area contributed by atoms with Gasteiger partial charge >= 0.3 is 0 Å². The summed E-state index contributed by atoms with van der Waals surface area (Å²) in [4.78, 5) is 13.4. The number of nitrogens with one attached hydrogen (secondary N) is 1. The molecule has 0 heterocycles. The quantitative estimate of drug-likeness (QED) is 0.847. The van der Waals surface area contributed by atoms with Gasteiger partial charge in [-0.2, -0.15) is 0 Å². The molecule has 1 rings (SSSR count). The zero-order chi connectivity index (χ0) is 14.4. The number of carbonyl (C=O) groups excluding carboxylic acids is 1. The Morgan fingerprint density at radius 3 is 2.63 bits per heavy atom. The summed E-state index contributed by atoms with van der Waals surface area (Å²) in [6, 6.07) is 4.24. The van der Waals surface area contributed by atoms with Gasteiger partial charge in [-0.15, -0.1) is 0 Å². The van der Waals surface area contributed by atoms with Crippen LogP contribution in [0.5, 0.6) is 5.75 Å². The monoisotopic (exact) mass is 264 g/mol. The number of nitrogens with zero attached hydrogens (tertiary/aromatic N) is 1. The number of ether oxygens (including phenoxy) is 1. The molecule has 1 aromatic carbocycles. The van der Waals surface area contributed by atoms with Gasteiger partial charge in [0.05, 0.1) is 13.7 Å². The molecule has 19 heavy (non-hydrogen) atoms. The summed E-state index contributed by atoms with van der Waals surface area (Å²) >= 11 is 0. The summed E-state index contributed by atoms with van der Waals surface area (Å²) in [7, 11) is 5.30. The van der Waals surface area contributed by atoms with Crippen LogP contribution in [-0.4, -0.2) is 45.1 Å². The summed E-state index contributed by atoms with van der Waals surface area (Å²) in [5.74, 6) is 1.03. The molecule has 0 fully saturated rings. The van der Waals surface area contributed by atoms with Gasteiger partial charge in [0.15, 0.2) is 0 Å². The minimum absolute atomic E-state index is 0.103. The van der Waals surface area contributed by atoms with Gasteiger partial charge in [-0.1, -0.05) is 17.7 Å². The second-order valence-corrected chi connectivity index (χ2v) is 4.87. The van der Waals surface area contributed by atoms with Gasteiger partial charge in [-0.25, -0.2) is 0 Å². The Hall–Kier alpha value is -1.55. The summed E-state index contributed by atoms with van der Waals surface area (Å²) < 4.78 is 5.46. The van der Waals surface area contributed by atoms with Crippen molar-refractivity contribution in [2.75, 3.05) is 34.3 Å². The van der Waals surface area contributed by atoms with Gasteiger partial charge < -0.3 is 15.0 Å². The van der Waals surface area contributed by atoms with Crippen LogP contribution >= 0.6 is 0 Å². The highest BCUT2D eigenvalue weighted by molar-refractivity contribution is 5.77. The van der Waals surface area contributed by atoms with Crippen LogP contribution in [0.25, 0.3) is 0 Å². The van der Waals surface area contributed by atoms with Crippen molar-refractivity contribution in [2.24, 2.45) is 0 Å². The van der Waals surface area contributed by atoms with Gasteiger partial charge in [0.25, 0.3) is 0 Å². The van der Waals surface area contributed by atoms with Crippen LogP contribution in [0.4, 0.5) is 0 Å². The number of aryl methyl sites for hydroxylation is 2. The number of methoxy groups -OCH3 is 1. The molecule has 4 heteroatoms. The Labute approximate surface area is 115 Å². The van der Waals surface area contributed by atoms with E-state index in [1.165, 1.54) is 5.56 Å². The van der Waals surface area contributed by atoms with Crippen molar-refractivity contribution in [3.63, 3.8) is 0 Å². The molecule has 0 saturated carbocycles. The lowest BCUT2D eigenvalue weighted by Gasteiger charge is -2.19. The molecule has 0 spiro atoms. The van der Waals surface area contributed by atoms with Crippen LogP contribution in [0.2, 0.25) is 0 Å². The summed E-state index contributed by atoms with van der Waals surface area (Å²) in [5.41, 5.74) is 3.52. The molecule has 1 aromatic rings. The Balaban J connectivity index is 2.74. The molecule has 0 unspecified atom stereocenters. The molecular weight excluding hydrogens is 240 g/mol. The number of benzene rings is 1. The van der Waals surface area contributed by atoms with Crippen LogP contribution < -0.4 is 10.1 Å².